The number of benzene rings is 1. The number of carbonyl (C=O) groups is 2. The summed E-state index contributed by atoms with van der Waals surface area (Å²) in [6.07, 6.45) is 0.621. The molecular formula is C18H23N5O5S. The highest BCUT2D eigenvalue weighted by molar-refractivity contribution is 7.89. The smallest absolute Gasteiger partial charge is 0.378 e. The maximum atomic E-state index is 13.2. The molecule has 0 atom stereocenters. The summed E-state index contributed by atoms with van der Waals surface area (Å²) < 4.78 is 32.6. The number of hydrogen-bond donors (Lipinski definition) is 0. The average Bonchev–Trinajstić information content (AvgIpc) is 3.12. The van der Waals surface area contributed by atoms with Crippen molar-refractivity contribution in [1.29, 1.82) is 0 Å². The van der Waals surface area contributed by atoms with Gasteiger partial charge in [0.2, 0.25) is 16.0 Å². The second-order valence-electron chi connectivity index (χ2n) is 6.96. The van der Waals surface area contributed by atoms with E-state index in [0.717, 1.165) is 4.31 Å². The molecule has 0 bridgehead atoms. The fraction of sp³-hybridized carbons (Fsp3) is 0.444. The van der Waals surface area contributed by atoms with E-state index in [2.05, 4.69) is 14.8 Å². The lowest BCUT2D eigenvalue weighted by molar-refractivity contribution is 0.0586. The quantitative estimate of drug-likeness (QED) is 0.676. The van der Waals surface area contributed by atoms with E-state index in [0.29, 0.717) is 30.6 Å². The number of fused-ring (bicyclic) bond motifs is 1. The molecule has 3 rings (SSSR count). The van der Waals surface area contributed by atoms with Crippen molar-refractivity contribution >= 4 is 27.8 Å². The third-order valence-corrected chi connectivity index (χ3v) is 6.82. The first-order valence-electron chi connectivity index (χ1n) is 8.96. The van der Waals surface area contributed by atoms with Gasteiger partial charge in [-0.3, -0.25) is 9.69 Å². The highest BCUT2D eigenvalue weighted by Gasteiger charge is 2.30. The van der Waals surface area contributed by atoms with E-state index >= 15 is 0 Å². The molecule has 0 radical (unpaired) electrons. The van der Waals surface area contributed by atoms with Gasteiger partial charge in [-0.15, -0.1) is 5.10 Å². The lowest BCUT2D eigenvalue weighted by Crippen LogP contribution is -2.38. The first kappa shape index (κ1) is 20.9. The van der Waals surface area contributed by atoms with Gasteiger partial charge in [0.25, 0.3) is 11.7 Å². The topological polar surface area (TPSA) is 115 Å². The number of aryl methyl sites for hydroxylation is 2. The number of aromatic nitrogens is 3. The highest BCUT2D eigenvalue weighted by Crippen LogP contribution is 2.26. The third-order valence-electron chi connectivity index (χ3n) is 4.88. The number of methoxy groups -OCH3 is 1. The van der Waals surface area contributed by atoms with Crippen molar-refractivity contribution in [2.75, 3.05) is 32.6 Å². The van der Waals surface area contributed by atoms with Crippen LogP contribution in [0.25, 0.3) is 0 Å². The summed E-state index contributed by atoms with van der Waals surface area (Å²) >= 11 is 0. The summed E-state index contributed by atoms with van der Waals surface area (Å²) in [7, 11) is 0.399. The second-order valence-corrected chi connectivity index (χ2v) is 9.08. The van der Waals surface area contributed by atoms with E-state index in [9.17, 15) is 18.0 Å². The summed E-state index contributed by atoms with van der Waals surface area (Å²) in [5.74, 6) is -0.993. The van der Waals surface area contributed by atoms with Crippen LogP contribution in [0.15, 0.2) is 17.0 Å². The van der Waals surface area contributed by atoms with Crippen LogP contribution < -0.4 is 4.90 Å². The predicted molar refractivity (Wildman–Crippen MR) is 104 cm³/mol. The molecule has 0 N–H and O–H groups in total. The van der Waals surface area contributed by atoms with Crippen LogP contribution in [-0.4, -0.2) is 67.1 Å². The molecule has 1 amide bonds. The Bertz CT molecular complexity index is 1090. The van der Waals surface area contributed by atoms with Crippen molar-refractivity contribution in [3.63, 3.8) is 0 Å². The minimum Gasteiger partial charge on any atom is -0.463 e. The van der Waals surface area contributed by atoms with Gasteiger partial charge in [0, 0.05) is 32.7 Å². The number of nitrogens with zero attached hydrogens (tertiary/aromatic N) is 5. The van der Waals surface area contributed by atoms with Gasteiger partial charge in [0.05, 0.1) is 12.0 Å². The Hall–Kier alpha value is -2.79. The van der Waals surface area contributed by atoms with Crippen LogP contribution in [0.5, 0.6) is 0 Å². The van der Waals surface area contributed by atoms with Crippen LogP contribution in [0.3, 0.4) is 0 Å². The first-order valence-corrected chi connectivity index (χ1v) is 10.4. The van der Waals surface area contributed by atoms with E-state index < -0.39 is 21.9 Å². The molecule has 0 unspecified atom stereocenters. The molecule has 1 aliphatic heterocycles. The lowest BCUT2D eigenvalue weighted by Gasteiger charge is -2.26. The second kappa shape index (κ2) is 7.56. The molecule has 0 spiro atoms. The zero-order valence-corrected chi connectivity index (χ0v) is 17.8. The Morgan fingerprint density at radius 1 is 1.17 bits per heavy atom. The van der Waals surface area contributed by atoms with Crippen LogP contribution in [0.4, 0.5) is 5.95 Å². The minimum absolute atomic E-state index is 0.0829. The predicted octanol–water partition coefficient (Wildman–Crippen LogP) is 0.982. The van der Waals surface area contributed by atoms with E-state index in [4.69, 9.17) is 0 Å². The van der Waals surface area contributed by atoms with Crippen LogP contribution in [0.2, 0.25) is 0 Å². The summed E-state index contributed by atoms with van der Waals surface area (Å²) in [4.78, 5) is 30.6. The molecule has 0 fully saturated rings. The highest BCUT2D eigenvalue weighted by atomic mass is 32.2. The Kier molecular flexibility index (Phi) is 5.46. The number of carbonyl (C=O) groups excluding carboxylic acids is 2. The zero-order valence-electron chi connectivity index (χ0n) is 17.0. The number of amides is 1. The molecule has 1 aliphatic rings. The number of anilines is 1. The van der Waals surface area contributed by atoms with Gasteiger partial charge in [-0.1, -0.05) is 0 Å². The largest absolute Gasteiger partial charge is 0.463 e. The number of rotatable bonds is 4. The third kappa shape index (κ3) is 3.62. The Morgan fingerprint density at radius 3 is 2.48 bits per heavy atom. The van der Waals surface area contributed by atoms with Gasteiger partial charge < -0.3 is 4.74 Å². The summed E-state index contributed by atoms with van der Waals surface area (Å²) in [6.45, 7) is 4.35. The Labute approximate surface area is 169 Å². The molecule has 2 heterocycles. The zero-order chi connectivity index (χ0) is 21.5. The van der Waals surface area contributed by atoms with E-state index in [1.165, 1.54) is 36.9 Å². The van der Waals surface area contributed by atoms with Gasteiger partial charge in [0.1, 0.15) is 0 Å². The molecule has 2 aromatic rings. The molecule has 0 saturated heterocycles. The van der Waals surface area contributed by atoms with Crippen LogP contribution in [-0.2, 0) is 21.3 Å². The van der Waals surface area contributed by atoms with E-state index in [1.54, 1.807) is 19.9 Å². The van der Waals surface area contributed by atoms with Crippen molar-refractivity contribution in [2.24, 2.45) is 0 Å². The van der Waals surface area contributed by atoms with Gasteiger partial charge >= 0.3 is 5.97 Å². The van der Waals surface area contributed by atoms with Crippen molar-refractivity contribution < 1.29 is 22.7 Å². The fourth-order valence-corrected chi connectivity index (χ4v) is 4.32. The van der Waals surface area contributed by atoms with Gasteiger partial charge in [-0.25, -0.2) is 22.2 Å². The Morgan fingerprint density at radius 2 is 1.86 bits per heavy atom. The normalized spacial score (nSPS) is 14.1. The summed E-state index contributed by atoms with van der Waals surface area (Å²) in [5.41, 5.74) is 1.50. The maximum Gasteiger partial charge on any atom is 0.378 e. The molecule has 1 aromatic carbocycles. The minimum atomic E-state index is -3.72. The molecule has 0 saturated carbocycles. The molecule has 10 nitrogen and oxygen atoms in total. The number of sulfonamides is 1. The van der Waals surface area contributed by atoms with Crippen molar-refractivity contribution in [2.45, 2.75) is 31.7 Å². The van der Waals surface area contributed by atoms with Crippen molar-refractivity contribution in [3.8, 4) is 0 Å². The summed E-state index contributed by atoms with van der Waals surface area (Å²) in [5, 5.41) is 4.09. The maximum absolute atomic E-state index is 13.2. The Balaban J connectivity index is 2.06. The SMILES string of the molecule is COC(=O)c1nc2n(n1)CCCN2C(=O)c1cc(C)c(C)c(S(=O)(=O)N(C)C)c1. The van der Waals surface area contributed by atoms with E-state index in [-0.39, 0.29) is 22.2 Å². The van der Waals surface area contributed by atoms with Gasteiger partial charge in [-0.05, 0) is 43.5 Å². The summed E-state index contributed by atoms with van der Waals surface area (Å²) in [6, 6.07) is 3.04. The number of hydrogen-bond acceptors (Lipinski definition) is 7. The van der Waals surface area contributed by atoms with Crippen molar-refractivity contribution in [1.82, 2.24) is 19.1 Å². The van der Waals surface area contributed by atoms with Gasteiger partial charge in [-0.2, -0.15) is 4.98 Å². The van der Waals surface area contributed by atoms with Crippen LogP contribution >= 0.6 is 0 Å². The molecule has 29 heavy (non-hydrogen) atoms. The van der Waals surface area contributed by atoms with Gasteiger partial charge in [0.15, 0.2) is 0 Å². The standard InChI is InChI=1S/C18H23N5O5S/c1-11-9-13(10-14(12(11)2)29(26,27)21(3)4)16(24)22-7-6-8-23-18(22)19-15(20-23)17(25)28-5/h9-10H,6-8H2,1-5H3. The fourth-order valence-electron chi connectivity index (χ4n) is 3.10. The van der Waals surface area contributed by atoms with E-state index in [1.807, 2.05) is 0 Å². The van der Waals surface area contributed by atoms with Crippen LogP contribution in [0, 0.1) is 13.8 Å². The first-order chi connectivity index (χ1) is 13.6. The number of esters is 1. The molecular weight excluding hydrogens is 398 g/mol. The van der Waals surface area contributed by atoms with Crippen LogP contribution in [0.1, 0.15) is 38.5 Å². The molecule has 0 aliphatic carbocycles. The monoisotopic (exact) mass is 421 g/mol. The number of ether oxygens (including phenoxy) is 1. The molecule has 1 aromatic heterocycles. The lowest BCUT2D eigenvalue weighted by atomic mass is 10.1. The molecule has 11 heteroatoms. The molecule has 156 valence electrons. The van der Waals surface area contributed by atoms with Crippen molar-refractivity contribution in [3.05, 3.63) is 34.6 Å². The average molecular weight is 421 g/mol.